The molecule has 0 radical (unpaired) electrons. The number of unbranched alkanes of at least 4 members (excludes halogenated alkanes) is 2. The summed E-state index contributed by atoms with van der Waals surface area (Å²) in [5, 5.41) is 5.74. The Kier molecular flexibility index (Phi) is 7.13. The van der Waals surface area contributed by atoms with E-state index in [-0.39, 0.29) is 11.8 Å². The molecule has 25 heavy (non-hydrogen) atoms. The van der Waals surface area contributed by atoms with Gasteiger partial charge in [0.1, 0.15) is 11.4 Å². The minimum absolute atomic E-state index is 0.242. The van der Waals surface area contributed by atoms with Crippen molar-refractivity contribution in [3.63, 3.8) is 0 Å². The molecule has 2 aromatic rings. The number of hydrogen-bond acceptors (Lipinski definition) is 4. The van der Waals surface area contributed by atoms with Crippen molar-refractivity contribution in [1.82, 2.24) is 25.2 Å². The van der Waals surface area contributed by atoms with Gasteiger partial charge >= 0.3 is 0 Å². The lowest BCUT2D eigenvalue weighted by Crippen LogP contribution is -2.30. The number of amides is 2. The number of nitrogens with one attached hydrogen (secondary N) is 2. The quantitative estimate of drug-likeness (QED) is 0.684. The lowest BCUT2D eigenvalue weighted by atomic mass is 10.3. The molecule has 0 atom stereocenters. The second kappa shape index (κ2) is 9.56. The number of carbonyl (C=O) groups is 2. The highest BCUT2D eigenvalue weighted by Crippen LogP contribution is 2.14. The Morgan fingerprint density at radius 2 is 1.40 bits per heavy atom. The van der Waals surface area contributed by atoms with Gasteiger partial charge in [-0.2, -0.15) is 0 Å². The number of nitrogens with zero attached hydrogens (tertiary/aromatic N) is 3. The fraction of sp³-hybridized carbons (Fsp3) is 0.444. The monoisotopic (exact) mass is 343 g/mol. The van der Waals surface area contributed by atoms with Gasteiger partial charge in [0.05, 0.1) is 0 Å². The van der Waals surface area contributed by atoms with Gasteiger partial charge in [-0.1, -0.05) is 26.7 Å². The van der Waals surface area contributed by atoms with E-state index in [0.29, 0.717) is 30.4 Å². The maximum absolute atomic E-state index is 12.5. The molecule has 2 rings (SSSR count). The van der Waals surface area contributed by atoms with E-state index in [1.807, 2.05) is 0 Å². The lowest BCUT2D eigenvalue weighted by Gasteiger charge is -2.12. The van der Waals surface area contributed by atoms with Crippen LogP contribution in [-0.4, -0.2) is 39.4 Å². The number of rotatable bonds is 9. The molecule has 0 saturated heterocycles. The van der Waals surface area contributed by atoms with Crippen molar-refractivity contribution < 1.29 is 9.59 Å². The van der Waals surface area contributed by atoms with Crippen LogP contribution in [0.25, 0.3) is 5.95 Å². The van der Waals surface area contributed by atoms with Crippen molar-refractivity contribution >= 4 is 11.8 Å². The molecule has 7 nitrogen and oxygen atoms in total. The third kappa shape index (κ3) is 4.89. The van der Waals surface area contributed by atoms with Crippen LogP contribution in [0.15, 0.2) is 30.6 Å². The second-order valence-electron chi connectivity index (χ2n) is 5.71. The van der Waals surface area contributed by atoms with E-state index >= 15 is 0 Å². The predicted molar refractivity (Wildman–Crippen MR) is 95.8 cm³/mol. The van der Waals surface area contributed by atoms with Gasteiger partial charge < -0.3 is 10.6 Å². The van der Waals surface area contributed by atoms with Crippen molar-refractivity contribution in [3.05, 3.63) is 42.0 Å². The van der Waals surface area contributed by atoms with Gasteiger partial charge in [-0.15, -0.1) is 0 Å². The normalized spacial score (nSPS) is 10.5. The molecule has 7 heteroatoms. The molecule has 0 fully saturated rings. The van der Waals surface area contributed by atoms with Gasteiger partial charge in [0.2, 0.25) is 5.95 Å². The zero-order chi connectivity index (χ0) is 18.1. The van der Waals surface area contributed by atoms with Crippen LogP contribution in [0.2, 0.25) is 0 Å². The van der Waals surface area contributed by atoms with Gasteiger partial charge in [-0.05, 0) is 31.0 Å². The molecule has 0 aliphatic rings. The molecular weight excluding hydrogens is 318 g/mol. The Balaban J connectivity index is 2.31. The van der Waals surface area contributed by atoms with E-state index in [1.165, 1.54) is 4.57 Å². The molecule has 0 unspecified atom stereocenters. The Morgan fingerprint density at radius 3 is 1.84 bits per heavy atom. The maximum Gasteiger partial charge on any atom is 0.268 e. The van der Waals surface area contributed by atoms with Crippen molar-refractivity contribution in [2.24, 2.45) is 0 Å². The summed E-state index contributed by atoms with van der Waals surface area (Å²) in [5.41, 5.74) is 0.700. The molecule has 0 aliphatic carbocycles. The molecule has 0 bridgehead atoms. The topological polar surface area (TPSA) is 88.9 Å². The third-order valence-electron chi connectivity index (χ3n) is 3.73. The molecule has 0 aliphatic heterocycles. The largest absolute Gasteiger partial charge is 0.351 e. The van der Waals surface area contributed by atoms with Crippen molar-refractivity contribution in [3.8, 4) is 5.95 Å². The highest BCUT2D eigenvalue weighted by atomic mass is 16.2. The number of carbonyl (C=O) groups excluding carboxylic acids is 2. The minimum Gasteiger partial charge on any atom is -0.351 e. The fourth-order valence-electron chi connectivity index (χ4n) is 2.35. The van der Waals surface area contributed by atoms with Crippen LogP contribution in [-0.2, 0) is 0 Å². The number of aromatic nitrogens is 3. The Morgan fingerprint density at radius 1 is 0.920 bits per heavy atom. The maximum atomic E-state index is 12.5. The molecular formula is C18H25N5O2. The van der Waals surface area contributed by atoms with E-state index in [1.54, 1.807) is 30.6 Å². The summed E-state index contributed by atoms with van der Waals surface area (Å²) >= 11 is 0. The van der Waals surface area contributed by atoms with Crippen molar-refractivity contribution in [2.75, 3.05) is 13.1 Å². The summed E-state index contributed by atoms with van der Waals surface area (Å²) in [5.74, 6) is -0.184. The molecule has 0 saturated carbocycles. The van der Waals surface area contributed by atoms with Crippen LogP contribution >= 0.6 is 0 Å². The summed E-state index contributed by atoms with van der Waals surface area (Å²) in [7, 11) is 0. The van der Waals surface area contributed by atoms with Crippen LogP contribution in [0, 0.1) is 0 Å². The highest BCUT2D eigenvalue weighted by molar-refractivity contribution is 5.98. The lowest BCUT2D eigenvalue weighted by molar-refractivity contribution is 0.0942. The zero-order valence-corrected chi connectivity index (χ0v) is 14.8. The van der Waals surface area contributed by atoms with Crippen LogP contribution in [0.3, 0.4) is 0 Å². The Bertz CT molecular complexity index is 657. The van der Waals surface area contributed by atoms with Gasteiger partial charge in [0.15, 0.2) is 0 Å². The third-order valence-corrected chi connectivity index (χ3v) is 3.73. The second-order valence-corrected chi connectivity index (χ2v) is 5.71. The smallest absolute Gasteiger partial charge is 0.268 e. The fourth-order valence-corrected chi connectivity index (χ4v) is 2.35. The summed E-state index contributed by atoms with van der Waals surface area (Å²) < 4.78 is 1.50. The highest BCUT2D eigenvalue weighted by Gasteiger charge is 2.21. The standard InChI is InChI=1S/C18H25N5O2/c1-3-5-10-19-16(24)14-8-9-15(17(25)20-11-6-4-2)23(14)18-21-12-7-13-22-18/h7-9,12-13H,3-6,10-11H2,1-2H3,(H,19,24)(H,20,25). The van der Waals surface area contributed by atoms with Gasteiger partial charge in [-0.3, -0.25) is 14.2 Å². The van der Waals surface area contributed by atoms with Gasteiger partial charge in [0.25, 0.3) is 11.8 Å². The first-order valence-electron chi connectivity index (χ1n) is 8.74. The van der Waals surface area contributed by atoms with E-state index < -0.39 is 0 Å². The van der Waals surface area contributed by atoms with Crippen LogP contribution in [0.4, 0.5) is 0 Å². The van der Waals surface area contributed by atoms with Crippen molar-refractivity contribution in [2.45, 2.75) is 39.5 Å². The van der Waals surface area contributed by atoms with E-state index in [9.17, 15) is 9.59 Å². The SMILES string of the molecule is CCCCNC(=O)c1ccc(C(=O)NCCCC)n1-c1ncccn1. The Hall–Kier alpha value is -2.70. The summed E-state index contributed by atoms with van der Waals surface area (Å²) in [6.45, 7) is 5.30. The summed E-state index contributed by atoms with van der Waals surface area (Å²) in [6.07, 6.45) is 6.96. The van der Waals surface area contributed by atoms with Crippen molar-refractivity contribution in [1.29, 1.82) is 0 Å². The average Bonchev–Trinajstić information content (AvgIpc) is 3.08. The molecule has 2 aromatic heterocycles. The Labute approximate surface area is 147 Å². The zero-order valence-electron chi connectivity index (χ0n) is 14.8. The van der Waals surface area contributed by atoms with Crippen LogP contribution in [0.1, 0.15) is 60.5 Å². The van der Waals surface area contributed by atoms with E-state index in [2.05, 4.69) is 34.4 Å². The first kappa shape index (κ1) is 18.6. The molecule has 2 N–H and O–H groups in total. The molecule has 2 amide bonds. The summed E-state index contributed by atoms with van der Waals surface area (Å²) in [6, 6.07) is 4.95. The molecule has 134 valence electrons. The van der Waals surface area contributed by atoms with E-state index in [4.69, 9.17) is 0 Å². The first-order valence-corrected chi connectivity index (χ1v) is 8.74. The van der Waals surface area contributed by atoms with E-state index in [0.717, 1.165) is 25.7 Å². The minimum atomic E-state index is -0.242. The number of hydrogen-bond donors (Lipinski definition) is 2. The molecule has 0 spiro atoms. The molecule has 0 aromatic carbocycles. The predicted octanol–water partition coefficient (Wildman–Crippen LogP) is 2.33. The van der Waals surface area contributed by atoms with Crippen LogP contribution in [0.5, 0.6) is 0 Å². The summed E-state index contributed by atoms with van der Waals surface area (Å²) in [4.78, 5) is 33.4. The average molecular weight is 343 g/mol. The van der Waals surface area contributed by atoms with Crippen LogP contribution < -0.4 is 10.6 Å². The first-order chi connectivity index (χ1) is 12.2. The van der Waals surface area contributed by atoms with Gasteiger partial charge in [-0.25, -0.2) is 9.97 Å². The van der Waals surface area contributed by atoms with Gasteiger partial charge in [0, 0.05) is 25.5 Å². The molecule has 2 heterocycles.